The summed E-state index contributed by atoms with van der Waals surface area (Å²) in [6, 6.07) is -1.09. The van der Waals surface area contributed by atoms with Gasteiger partial charge in [0.25, 0.3) is 5.91 Å². The third kappa shape index (κ3) is 1.95. The molecule has 1 aliphatic heterocycles. The lowest BCUT2D eigenvalue weighted by molar-refractivity contribution is -0.141. The van der Waals surface area contributed by atoms with E-state index >= 15 is 0 Å². The number of nitrogens with zero attached hydrogens (tertiary/aromatic N) is 1. The zero-order chi connectivity index (χ0) is 15.1. The second kappa shape index (κ2) is 5.19. The van der Waals surface area contributed by atoms with Crippen molar-refractivity contribution in [2.45, 2.75) is 65.0 Å². The Bertz CT molecular complexity index is 436. The molecule has 1 aliphatic carbocycles. The van der Waals surface area contributed by atoms with E-state index in [1.807, 2.05) is 13.8 Å². The van der Waals surface area contributed by atoms with E-state index in [-0.39, 0.29) is 23.5 Å². The quantitative estimate of drug-likeness (QED) is 0.805. The average Bonchev–Trinajstić information content (AvgIpc) is 2.67. The molecule has 5 heteroatoms. The Morgan fingerprint density at radius 3 is 2.40 bits per heavy atom. The number of hydrogen-bond acceptors (Lipinski definition) is 3. The van der Waals surface area contributed by atoms with Crippen LogP contribution in [0, 0.1) is 11.8 Å². The van der Waals surface area contributed by atoms with Crippen molar-refractivity contribution in [2.75, 3.05) is 0 Å². The molecule has 1 N–H and O–H groups in total. The number of nitrogens with one attached hydrogen (secondary N) is 1. The van der Waals surface area contributed by atoms with Gasteiger partial charge in [0.15, 0.2) is 5.78 Å². The molecule has 2 rings (SSSR count). The number of urea groups is 1. The Labute approximate surface area is 120 Å². The molecule has 1 heterocycles. The SMILES string of the molecule is CCC(=O)C(C)N1C(=O)NC2(C1=O)C(C)CCCC2C. The van der Waals surface area contributed by atoms with Crippen LogP contribution in [0.5, 0.6) is 0 Å². The molecule has 1 saturated heterocycles. The van der Waals surface area contributed by atoms with Gasteiger partial charge in [-0.3, -0.25) is 14.5 Å². The second-order valence-electron chi connectivity index (χ2n) is 6.20. The summed E-state index contributed by atoms with van der Waals surface area (Å²) in [6.07, 6.45) is 3.27. The second-order valence-corrected chi connectivity index (χ2v) is 6.20. The van der Waals surface area contributed by atoms with Crippen molar-refractivity contribution in [3.8, 4) is 0 Å². The topological polar surface area (TPSA) is 66.5 Å². The van der Waals surface area contributed by atoms with Crippen molar-refractivity contribution < 1.29 is 14.4 Å². The molecule has 1 spiro atoms. The van der Waals surface area contributed by atoms with Crippen molar-refractivity contribution in [2.24, 2.45) is 11.8 Å². The van der Waals surface area contributed by atoms with Crippen LogP contribution in [-0.4, -0.2) is 34.2 Å². The van der Waals surface area contributed by atoms with E-state index in [1.165, 1.54) is 0 Å². The zero-order valence-electron chi connectivity index (χ0n) is 12.7. The number of imide groups is 1. The Balaban J connectivity index is 2.34. The minimum atomic E-state index is -0.808. The summed E-state index contributed by atoms with van der Waals surface area (Å²) in [7, 11) is 0. The van der Waals surface area contributed by atoms with E-state index in [0.29, 0.717) is 6.42 Å². The summed E-state index contributed by atoms with van der Waals surface area (Å²) >= 11 is 0. The monoisotopic (exact) mass is 280 g/mol. The molecule has 2 fully saturated rings. The van der Waals surface area contributed by atoms with E-state index < -0.39 is 17.6 Å². The smallest absolute Gasteiger partial charge is 0.323 e. The van der Waals surface area contributed by atoms with Crippen molar-refractivity contribution in [3.63, 3.8) is 0 Å². The molecule has 0 bridgehead atoms. The molecule has 0 aromatic rings. The van der Waals surface area contributed by atoms with Crippen LogP contribution in [0.25, 0.3) is 0 Å². The highest BCUT2D eigenvalue weighted by atomic mass is 16.2. The molecule has 20 heavy (non-hydrogen) atoms. The lowest BCUT2D eigenvalue weighted by Crippen LogP contribution is -2.59. The molecule has 3 amide bonds. The molecule has 3 atom stereocenters. The summed E-state index contributed by atoms with van der Waals surface area (Å²) in [5, 5.41) is 2.91. The van der Waals surface area contributed by atoms with Crippen molar-refractivity contribution in [1.82, 2.24) is 10.2 Å². The van der Waals surface area contributed by atoms with Gasteiger partial charge in [0.05, 0.1) is 6.04 Å². The molecule has 1 saturated carbocycles. The summed E-state index contributed by atoms with van der Waals surface area (Å²) in [5.74, 6) is -0.0774. The number of amides is 3. The Morgan fingerprint density at radius 1 is 1.35 bits per heavy atom. The first-order chi connectivity index (χ1) is 9.36. The third-order valence-corrected chi connectivity index (χ3v) is 5.14. The van der Waals surface area contributed by atoms with Gasteiger partial charge >= 0.3 is 6.03 Å². The van der Waals surface area contributed by atoms with E-state index in [0.717, 1.165) is 24.2 Å². The minimum Gasteiger partial charge on any atom is -0.323 e. The molecule has 0 radical (unpaired) electrons. The third-order valence-electron chi connectivity index (χ3n) is 5.14. The number of rotatable bonds is 3. The Kier molecular flexibility index (Phi) is 3.89. The van der Waals surface area contributed by atoms with Gasteiger partial charge in [-0.2, -0.15) is 0 Å². The fraction of sp³-hybridized carbons (Fsp3) is 0.800. The van der Waals surface area contributed by atoms with Gasteiger partial charge in [0.2, 0.25) is 0 Å². The number of hydrogen-bond donors (Lipinski definition) is 1. The largest absolute Gasteiger partial charge is 0.325 e. The first-order valence-corrected chi connectivity index (χ1v) is 7.54. The van der Waals surface area contributed by atoms with Gasteiger partial charge in [0, 0.05) is 6.42 Å². The van der Waals surface area contributed by atoms with Crippen LogP contribution in [-0.2, 0) is 9.59 Å². The van der Waals surface area contributed by atoms with Crippen LogP contribution >= 0.6 is 0 Å². The van der Waals surface area contributed by atoms with Crippen LogP contribution < -0.4 is 5.32 Å². The summed E-state index contributed by atoms with van der Waals surface area (Å²) in [6.45, 7) is 7.42. The van der Waals surface area contributed by atoms with Crippen molar-refractivity contribution >= 4 is 17.7 Å². The van der Waals surface area contributed by atoms with E-state index in [9.17, 15) is 14.4 Å². The van der Waals surface area contributed by atoms with Gasteiger partial charge in [0.1, 0.15) is 5.54 Å². The lowest BCUT2D eigenvalue weighted by atomic mass is 9.67. The van der Waals surface area contributed by atoms with Crippen molar-refractivity contribution in [3.05, 3.63) is 0 Å². The normalized spacial score (nSPS) is 35.3. The summed E-state index contributed by atoms with van der Waals surface area (Å²) in [5.41, 5.74) is -0.808. The molecule has 5 nitrogen and oxygen atoms in total. The molecule has 0 aromatic carbocycles. The standard InChI is InChI=1S/C15H24N2O3/c1-5-12(18)11(4)17-13(19)15(16-14(17)20)9(2)7-6-8-10(15)3/h9-11H,5-8H2,1-4H3,(H,16,20). The maximum Gasteiger partial charge on any atom is 0.325 e. The highest BCUT2D eigenvalue weighted by Gasteiger charge is 2.59. The first-order valence-electron chi connectivity index (χ1n) is 7.54. The van der Waals surface area contributed by atoms with Crippen LogP contribution in [0.15, 0.2) is 0 Å². The van der Waals surface area contributed by atoms with Gasteiger partial charge in [-0.25, -0.2) is 4.79 Å². The predicted molar refractivity (Wildman–Crippen MR) is 75.0 cm³/mol. The molecular weight excluding hydrogens is 256 g/mol. The molecular formula is C15H24N2O3. The van der Waals surface area contributed by atoms with Crippen LogP contribution in [0.4, 0.5) is 4.79 Å². The molecule has 3 unspecified atom stereocenters. The number of Topliss-reactive ketones (excluding diaryl/α,β-unsaturated/α-hetero) is 1. The molecule has 112 valence electrons. The minimum absolute atomic E-state index is 0.0818. The number of carbonyl (C=O) groups excluding carboxylic acids is 3. The maximum atomic E-state index is 12.9. The van der Waals surface area contributed by atoms with Crippen LogP contribution in [0.3, 0.4) is 0 Å². The predicted octanol–water partition coefficient (Wildman–Crippen LogP) is 2.10. The number of carbonyl (C=O) groups is 3. The lowest BCUT2D eigenvalue weighted by Gasteiger charge is -2.42. The van der Waals surface area contributed by atoms with Crippen LogP contribution in [0.2, 0.25) is 0 Å². The highest BCUT2D eigenvalue weighted by Crippen LogP contribution is 2.42. The van der Waals surface area contributed by atoms with E-state index in [1.54, 1.807) is 13.8 Å². The van der Waals surface area contributed by atoms with E-state index in [2.05, 4.69) is 5.32 Å². The highest BCUT2D eigenvalue weighted by molar-refractivity contribution is 6.10. The van der Waals surface area contributed by atoms with Crippen molar-refractivity contribution in [1.29, 1.82) is 0 Å². The molecule has 0 aromatic heterocycles. The van der Waals surface area contributed by atoms with Gasteiger partial charge in [-0.05, 0) is 31.6 Å². The van der Waals surface area contributed by atoms with Gasteiger partial charge in [-0.1, -0.05) is 27.2 Å². The first kappa shape index (κ1) is 15.0. The summed E-state index contributed by atoms with van der Waals surface area (Å²) in [4.78, 5) is 38.1. The van der Waals surface area contributed by atoms with Crippen LogP contribution in [0.1, 0.15) is 53.4 Å². The van der Waals surface area contributed by atoms with Gasteiger partial charge < -0.3 is 5.32 Å². The maximum absolute atomic E-state index is 12.9. The number of ketones is 1. The fourth-order valence-corrected chi connectivity index (χ4v) is 3.71. The summed E-state index contributed by atoms with van der Waals surface area (Å²) < 4.78 is 0. The zero-order valence-corrected chi connectivity index (χ0v) is 12.7. The Hall–Kier alpha value is -1.39. The van der Waals surface area contributed by atoms with E-state index in [4.69, 9.17) is 0 Å². The fourth-order valence-electron chi connectivity index (χ4n) is 3.71. The average molecular weight is 280 g/mol. The molecule has 2 aliphatic rings. The Morgan fingerprint density at radius 2 is 1.90 bits per heavy atom. The van der Waals surface area contributed by atoms with Gasteiger partial charge in [-0.15, -0.1) is 0 Å².